The maximum Gasteiger partial charge on any atom is 0.224 e. The highest BCUT2D eigenvalue weighted by Gasteiger charge is 2.61. The first-order chi connectivity index (χ1) is 9.57. The fourth-order valence-corrected chi connectivity index (χ4v) is 3.43. The summed E-state index contributed by atoms with van der Waals surface area (Å²) < 4.78 is 0. The Balaban J connectivity index is 1.50. The molecule has 1 amide bonds. The van der Waals surface area contributed by atoms with E-state index in [4.69, 9.17) is 23.2 Å². The molecule has 5 nitrogen and oxygen atoms in total. The molecule has 7 heteroatoms. The van der Waals surface area contributed by atoms with E-state index in [0.29, 0.717) is 16.8 Å². The summed E-state index contributed by atoms with van der Waals surface area (Å²) in [5, 5.41) is 3.92. The summed E-state index contributed by atoms with van der Waals surface area (Å²) in [7, 11) is 0. The van der Waals surface area contributed by atoms with Crippen molar-refractivity contribution in [1.29, 1.82) is 0 Å². The van der Waals surface area contributed by atoms with Crippen LogP contribution in [0.15, 0.2) is 6.20 Å². The molecule has 1 aliphatic heterocycles. The summed E-state index contributed by atoms with van der Waals surface area (Å²) in [6, 6.07) is 0. The molecular formula is C13H14Cl2N4O. The Morgan fingerprint density at radius 2 is 2.25 bits per heavy atom. The van der Waals surface area contributed by atoms with Crippen molar-refractivity contribution in [2.45, 2.75) is 24.8 Å². The maximum atomic E-state index is 12.0. The molecule has 1 saturated heterocycles. The van der Waals surface area contributed by atoms with E-state index in [-0.39, 0.29) is 22.6 Å². The van der Waals surface area contributed by atoms with Gasteiger partial charge in [-0.2, -0.15) is 4.98 Å². The topological polar surface area (TPSA) is 58.1 Å². The number of carbonyl (C=O) groups is 1. The minimum absolute atomic E-state index is 0.0690. The maximum absolute atomic E-state index is 12.0. The standard InChI is InChI=1S/C13H14Cl2N4O/c14-9-4-16-12(15)17-10(9)19-5-8-3-13(8,6-19)18-11(20)7-1-2-7/h4,7-8H,1-3,5-6H2,(H,18,20). The lowest BCUT2D eigenvalue weighted by molar-refractivity contribution is -0.123. The van der Waals surface area contributed by atoms with E-state index >= 15 is 0 Å². The van der Waals surface area contributed by atoms with E-state index in [1.54, 1.807) is 0 Å². The Morgan fingerprint density at radius 3 is 3.00 bits per heavy atom. The van der Waals surface area contributed by atoms with Gasteiger partial charge in [0, 0.05) is 24.9 Å². The van der Waals surface area contributed by atoms with Crippen molar-refractivity contribution >= 4 is 34.9 Å². The first-order valence-corrected chi connectivity index (χ1v) is 7.58. The molecule has 2 heterocycles. The highest BCUT2D eigenvalue weighted by molar-refractivity contribution is 6.33. The Bertz CT molecular complexity index is 592. The largest absolute Gasteiger partial charge is 0.353 e. The molecule has 2 atom stereocenters. The first kappa shape index (κ1) is 12.7. The second-order valence-electron chi connectivity index (χ2n) is 6.01. The molecule has 1 aromatic rings. The van der Waals surface area contributed by atoms with Gasteiger partial charge in [0.2, 0.25) is 11.2 Å². The first-order valence-electron chi connectivity index (χ1n) is 6.82. The van der Waals surface area contributed by atoms with Crippen molar-refractivity contribution in [3.63, 3.8) is 0 Å². The number of hydrogen-bond donors (Lipinski definition) is 1. The van der Waals surface area contributed by atoms with E-state index in [9.17, 15) is 4.79 Å². The average Bonchev–Trinajstić information content (AvgIpc) is 3.31. The van der Waals surface area contributed by atoms with Gasteiger partial charge < -0.3 is 10.2 Å². The van der Waals surface area contributed by atoms with Crippen LogP contribution < -0.4 is 10.2 Å². The second kappa shape index (κ2) is 4.21. The summed E-state index contributed by atoms with van der Waals surface area (Å²) in [5.74, 6) is 1.62. The highest BCUT2D eigenvalue weighted by atomic mass is 35.5. The van der Waals surface area contributed by atoms with Crippen LogP contribution in [0.25, 0.3) is 0 Å². The van der Waals surface area contributed by atoms with Gasteiger partial charge in [-0.1, -0.05) is 11.6 Å². The normalized spacial score (nSPS) is 31.1. The minimum atomic E-state index is -0.0690. The highest BCUT2D eigenvalue weighted by Crippen LogP contribution is 2.51. The lowest BCUT2D eigenvalue weighted by Crippen LogP contribution is -2.43. The summed E-state index contributed by atoms with van der Waals surface area (Å²) in [4.78, 5) is 22.1. The van der Waals surface area contributed by atoms with E-state index in [2.05, 4.69) is 20.2 Å². The van der Waals surface area contributed by atoms with Crippen molar-refractivity contribution in [2.75, 3.05) is 18.0 Å². The Hall–Kier alpha value is -1.07. The predicted octanol–water partition coefficient (Wildman–Crippen LogP) is 1.89. The summed E-state index contributed by atoms with van der Waals surface area (Å²) in [5.41, 5.74) is -0.0690. The number of piperidine rings is 1. The van der Waals surface area contributed by atoms with Crippen LogP contribution in [0.1, 0.15) is 19.3 Å². The third kappa shape index (κ3) is 2.04. The van der Waals surface area contributed by atoms with E-state index < -0.39 is 0 Å². The Morgan fingerprint density at radius 1 is 1.45 bits per heavy atom. The lowest BCUT2D eigenvalue weighted by Gasteiger charge is -2.23. The van der Waals surface area contributed by atoms with Crippen molar-refractivity contribution < 1.29 is 4.79 Å². The zero-order valence-corrected chi connectivity index (χ0v) is 12.3. The molecule has 3 fully saturated rings. The molecule has 2 saturated carbocycles. The van der Waals surface area contributed by atoms with Crippen LogP contribution in [0.5, 0.6) is 0 Å². The number of fused-ring (bicyclic) bond motifs is 1. The smallest absolute Gasteiger partial charge is 0.224 e. The van der Waals surface area contributed by atoms with E-state index in [0.717, 1.165) is 32.4 Å². The number of aromatic nitrogens is 2. The number of nitrogens with one attached hydrogen (secondary N) is 1. The second-order valence-corrected chi connectivity index (χ2v) is 6.76. The molecule has 0 aromatic carbocycles. The number of anilines is 1. The van der Waals surface area contributed by atoms with Gasteiger partial charge in [-0.05, 0) is 30.9 Å². The Labute approximate surface area is 126 Å². The third-order valence-corrected chi connectivity index (χ3v) is 4.91. The van der Waals surface area contributed by atoms with E-state index in [1.807, 2.05) is 0 Å². The van der Waals surface area contributed by atoms with Gasteiger partial charge in [-0.25, -0.2) is 4.98 Å². The number of halogens is 2. The monoisotopic (exact) mass is 312 g/mol. The number of nitrogens with zero attached hydrogens (tertiary/aromatic N) is 3. The van der Waals surface area contributed by atoms with Crippen LogP contribution in [-0.4, -0.2) is 34.5 Å². The fourth-order valence-electron chi connectivity index (χ4n) is 3.09. The molecule has 0 bridgehead atoms. The molecule has 0 spiro atoms. The number of carbonyl (C=O) groups excluding carboxylic acids is 1. The summed E-state index contributed by atoms with van der Waals surface area (Å²) in [6.45, 7) is 1.61. The summed E-state index contributed by atoms with van der Waals surface area (Å²) >= 11 is 12.0. The van der Waals surface area contributed by atoms with Crippen LogP contribution in [0.3, 0.4) is 0 Å². The van der Waals surface area contributed by atoms with Gasteiger partial charge in [0.25, 0.3) is 0 Å². The van der Waals surface area contributed by atoms with Gasteiger partial charge in [0.1, 0.15) is 5.02 Å². The van der Waals surface area contributed by atoms with E-state index in [1.165, 1.54) is 6.20 Å². The van der Waals surface area contributed by atoms with Gasteiger partial charge in [0.05, 0.1) is 11.7 Å². The van der Waals surface area contributed by atoms with Crippen molar-refractivity contribution in [3.8, 4) is 0 Å². The summed E-state index contributed by atoms with van der Waals surface area (Å²) in [6.07, 6.45) is 4.64. The molecule has 2 aliphatic carbocycles. The zero-order valence-electron chi connectivity index (χ0n) is 10.8. The van der Waals surface area contributed by atoms with Gasteiger partial charge >= 0.3 is 0 Å². The van der Waals surface area contributed by atoms with Crippen LogP contribution >= 0.6 is 23.2 Å². The molecule has 106 valence electrons. The molecule has 20 heavy (non-hydrogen) atoms. The van der Waals surface area contributed by atoms with Crippen LogP contribution in [-0.2, 0) is 4.79 Å². The SMILES string of the molecule is O=C(NC12CC1CN(c1nc(Cl)ncc1Cl)C2)C1CC1. The molecule has 1 aromatic heterocycles. The molecule has 4 rings (SSSR count). The van der Waals surface area contributed by atoms with Crippen LogP contribution in [0.4, 0.5) is 5.82 Å². The van der Waals surface area contributed by atoms with Crippen molar-refractivity contribution in [3.05, 3.63) is 16.5 Å². The van der Waals surface area contributed by atoms with Gasteiger partial charge in [-0.3, -0.25) is 4.79 Å². The van der Waals surface area contributed by atoms with Gasteiger partial charge in [-0.15, -0.1) is 0 Å². The van der Waals surface area contributed by atoms with Crippen molar-refractivity contribution in [1.82, 2.24) is 15.3 Å². The van der Waals surface area contributed by atoms with Crippen LogP contribution in [0.2, 0.25) is 10.3 Å². The molecular weight excluding hydrogens is 299 g/mol. The Kier molecular flexibility index (Phi) is 2.67. The molecule has 3 aliphatic rings. The van der Waals surface area contributed by atoms with Gasteiger partial charge in [0.15, 0.2) is 5.82 Å². The van der Waals surface area contributed by atoms with Crippen molar-refractivity contribution in [2.24, 2.45) is 11.8 Å². The predicted molar refractivity (Wildman–Crippen MR) is 76.0 cm³/mol. The minimum Gasteiger partial charge on any atom is -0.353 e. The lowest BCUT2D eigenvalue weighted by atomic mass is 10.2. The zero-order chi connectivity index (χ0) is 13.9. The number of amides is 1. The molecule has 2 unspecified atom stereocenters. The molecule has 0 radical (unpaired) electrons. The number of rotatable bonds is 3. The quantitative estimate of drug-likeness (QED) is 0.866. The number of hydrogen-bond acceptors (Lipinski definition) is 4. The van der Waals surface area contributed by atoms with Crippen LogP contribution in [0, 0.1) is 11.8 Å². The fraction of sp³-hybridized carbons (Fsp3) is 0.615. The average molecular weight is 313 g/mol. The molecule has 1 N–H and O–H groups in total. The third-order valence-electron chi connectivity index (χ3n) is 4.46.